The molecule has 4 heterocycles. The molecule has 2 aromatic rings. The monoisotopic (exact) mass is 585 g/mol. The van der Waals surface area contributed by atoms with Crippen LogP contribution in [0.4, 0.5) is 5.13 Å². The third-order valence-corrected chi connectivity index (χ3v) is 8.72. The Labute approximate surface area is 236 Å². The van der Waals surface area contributed by atoms with Crippen LogP contribution >= 0.6 is 23.1 Å². The Bertz CT molecular complexity index is 1450. The number of nitrogens with one attached hydrogen (secondary N) is 1. The number of nitrogen functional groups attached to an aromatic ring is 1. The lowest BCUT2D eigenvalue weighted by molar-refractivity contribution is -0.687. The number of β-lactam (4-membered cyclic amide) rings is 1. The molecule has 0 bridgehead atoms. The summed E-state index contributed by atoms with van der Waals surface area (Å²) >= 11 is 2.37. The van der Waals surface area contributed by atoms with Crippen molar-refractivity contribution in [2.45, 2.75) is 42.8 Å². The molecule has 2 atom stereocenters. The van der Waals surface area contributed by atoms with Crippen molar-refractivity contribution < 1.29 is 38.8 Å². The number of nitrogens with zero attached hydrogens (tertiary/aromatic N) is 4. The lowest BCUT2D eigenvalue weighted by Crippen LogP contribution is -2.71. The second kappa shape index (κ2) is 11.1. The van der Waals surface area contributed by atoms with Gasteiger partial charge in [0.15, 0.2) is 29.8 Å². The molecule has 5 rings (SSSR count). The molecule has 15 heteroatoms. The number of carbonyl (C=O) groups is 4. The molecule has 1 saturated heterocycles. The minimum Gasteiger partial charge on any atom is -0.478 e. The molecule has 3 aliphatic rings. The first kappa shape index (κ1) is 27.3. The van der Waals surface area contributed by atoms with Crippen LogP contribution in [-0.4, -0.2) is 72.3 Å². The number of carbonyl (C=O) groups excluding carboxylic acids is 2. The summed E-state index contributed by atoms with van der Waals surface area (Å²) in [5, 5.41) is 26.8. The van der Waals surface area contributed by atoms with Gasteiger partial charge in [-0.05, 0) is 18.1 Å². The fourth-order valence-electron chi connectivity index (χ4n) is 4.43. The van der Waals surface area contributed by atoms with Gasteiger partial charge in [0, 0.05) is 36.1 Å². The zero-order valence-corrected chi connectivity index (χ0v) is 22.6. The summed E-state index contributed by atoms with van der Waals surface area (Å²) in [6.07, 6.45) is 8.38. The van der Waals surface area contributed by atoms with Gasteiger partial charge in [0.2, 0.25) is 5.60 Å². The van der Waals surface area contributed by atoms with Crippen LogP contribution in [0.2, 0.25) is 0 Å². The maximum absolute atomic E-state index is 13.3. The SMILES string of the molecule is Nc1nc(/C(=N/OC2(C(=O)O)CCC2)C(=O)NC2C(=O)N3C(C(=O)O)=C(/C=C/C[n+]4ccccc4)CS[C@@H]23)cs1. The molecular weight excluding hydrogens is 560 g/mol. The Morgan fingerprint density at radius 3 is 2.62 bits per heavy atom. The Hall–Kier alpha value is -4.24. The number of thioether (sulfide) groups is 1. The second-order valence-electron chi connectivity index (χ2n) is 9.27. The van der Waals surface area contributed by atoms with Crippen molar-refractivity contribution in [1.29, 1.82) is 0 Å². The molecule has 208 valence electrons. The van der Waals surface area contributed by atoms with Crippen LogP contribution in [0.3, 0.4) is 0 Å². The summed E-state index contributed by atoms with van der Waals surface area (Å²) in [6.45, 7) is 0.520. The number of aliphatic carboxylic acids is 2. The molecule has 40 heavy (non-hydrogen) atoms. The van der Waals surface area contributed by atoms with Crippen molar-refractivity contribution in [2.75, 3.05) is 11.5 Å². The van der Waals surface area contributed by atoms with E-state index in [9.17, 15) is 29.4 Å². The quantitative estimate of drug-likeness (QED) is 0.134. The van der Waals surface area contributed by atoms with Crippen molar-refractivity contribution >= 4 is 57.7 Å². The maximum Gasteiger partial charge on any atom is 0.352 e. The van der Waals surface area contributed by atoms with Gasteiger partial charge in [-0.25, -0.2) is 19.1 Å². The lowest BCUT2D eigenvalue weighted by atomic mass is 9.80. The molecule has 0 spiro atoms. The van der Waals surface area contributed by atoms with E-state index in [1.54, 1.807) is 6.08 Å². The van der Waals surface area contributed by atoms with E-state index >= 15 is 0 Å². The number of hydrogen-bond donors (Lipinski definition) is 4. The number of carboxylic acid groups (broad SMARTS) is 2. The summed E-state index contributed by atoms with van der Waals surface area (Å²) in [6, 6.07) is 4.62. The average molecular weight is 586 g/mol. The van der Waals surface area contributed by atoms with Gasteiger partial charge in [0.1, 0.15) is 22.8 Å². The van der Waals surface area contributed by atoms with E-state index in [0.717, 1.165) is 11.3 Å². The normalized spacial score (nSPS) is 21.9. The largest absolute Gasteiger partial charge is 0.478 e. The smallest absolute Gasteiger partial charge is 0.352 e. The van der Waals surface area contributed by atoms with Gasteiger partial charge < -0.3 is 26.1 Å². The fourth-order valence-corrected chi connectivity index (χ4v) is 6.30. The van der Waals surface area contributed by atoms with Crippen molar-refractivity contribution in [3.63, 3.8) is 0 Å². The molecule has 2 aromatic heterocycles. The van der Waals surface area contributed by atoms with E-state index in [2.05, 4.69) is 15.5 Å². The standard InChI is InChI=1S/C25H24N6O7S2/c26-24-27-15(13-40-24)16(29-38-25(23(36)37)7-5-8-25)19(32)28-17-20(33)31-18(22(34)35)14(12-39-21(17)31)6-4-11-30-9-2-1-3-10-30/h1-4,6,9-10,13,17,21H,5,7-8,11-12H2,(H4-,26,27,28,32,34,35,36,37)/p+1/b6-4+,29-16-/t17?,21-/m0/s1. The maximum atomic E-state index is 13.3. The third-order valence-electron chi connectivity index (χ3n) is 6.74. The molecule has 0 aromatic carbocycles. The first-order valence-electron chi connectivity index (χ1n) is 12.2. The van der Waals surface area contributed by atoms with Gasteiger partial charge in [-0.1, -0.05) is 17.3 Å². The number of thiazole rings is 1. The Morgan fingerprint density at radius 1 is 1.27 bits per heavy atom. The first-order valence-corrected chi connectivity index (χ1v) is 14.2. The van der Waals surface area contributed by atoms with Crippen molar-refractivity contribution in [3.8, 4) is 0 Å². The zero-order valence-electron chi connectivity index (χ0n) is 20.9. The summed E-state index contributed by atoms with van der Waals surface area (Å²) in [7, 11) is 0. The van der Waals surface area contributed by atoms with Gasteiger partial charge >= 0.3 is 11.9 Å². The topological polar surface area (TPSA) is 188 Å². The summed E-state index contributed by atoms with van der Waals surface area (Å²) in [5.74, 6) is -3.54. The molecule has 1 aliphatic carbocycles. The third kappa shape index (κ3) is 5.16. The number of rotatable bonds is 10. The highest BCUT2D eigenvalue weighted by Crippen LogP contribution is 2.41. The predicted octanol–water partition coefficient (Wildman–Crippen LogP) is 0.736. The molecule has 2 aliphatic heterocycles. The molecule has 13 nitrogen and oxygen atoms in total. The van der Waals surface area contributed by atoms with Crippen LogP contribution in [0.15, 0.2) is 64.6 Å². The van der Waals surface area contributed by atoms with Gasteiger partial charge in [0.25, 0.3) is 11.8 Å². The van der Waals surface area contributed by atoms with E-state index < -0.39 is 40.8 Å². The molecule has 5 N–H and O–H groups in total. The molecule has 2 amide bonds. The molecule has 1 saturated carbocycles. The number of nitrogens with two attached hydrogens (primary N) is 1. The van der Waals surface area contributed by atoms with Crippen molar-refractivity contribution in [2.24, 2.45) is 5.16 Å². The van der Waals surface area contributed by atoms with Crippen LogP contribution in [0.5, 0.6) is 0 Å². The van der Waals surface area contributed by atoms with E-state index in [4.69, 9.17) is 10.6 Å². The Morgan fingerprint density at radius 2 is 2.02 bits per heavy atom. The summed E-state index contributed by atoms with van der Waals surface area (Å²) < 4.78 is 1.92. The average Bonchev–Trinajstić information content (AvgIpc) is 3.34. The van der Waals surface area contributed by atoms with E-state index in [0.29, 0.717) is 24.3 Å². The molecule has 2 fully saturated rings. The highest BCUT2D eigenvalue weighted by atomic mass is 32.2. The highest BCUT2D eigenvalue weighted by molar-refractivity contribution is 8.00. The predicted molar refractivity (Wildman–Crippen MR) is 144 cm³/mol. The Kier molecular flexibility index (Phi) is 7.58. The molecule has 1 unspecified atom stereocenters. The van der Waals surface area contributed by atoms with Gasteiger partial charge in [-0.15, -0.1) is 23.1 Å². The number of allylic oxidation sites excluding steroid dienone is 2. The van der Waals surface area contributed by atoms with Crippen molar-refractivity contribution in [1.82, 2.24) is 15.2 Å². The number of oxime groups is 1. The summed E-state index contributed by atoms with van der Waals surface area (Å²) in [5.41, 5.74) is 4.27. The number of pyridine rings is 1. The molecule has 0 radical (unpaired) electrons. The number of fused-ring (bicyclic) bond motifs is 1. The minimum atomic E-state index is -1.53. The number of amides is 2. The van der Waals surface area contributed by atoms with Gasteiger partial charge in [-0.3, -0.25) is 14.5 Å². The number of aromatic nitrogens is 2. The lowest BCUT2D eigenvalue weighted by Gasteiger charge is -2.49. The molecular formula is C25H25N6O7S2+. The summed E-state index contributed by atoms with van der Waals surface area (Å²) in [4.78, 5) is 60.7. The minimum absolute atomic E-state index is 0.0645. The number of hydrogen-bond acceptors (Lipinski definition) is 10. The first-order chi connectivity index (χ1) is 19.2. The van der Waals surface area contributed by atoms with Gasteiger partial charge in [-0.2, -0.15) is 0 Å². The van der Waals surface area contributed by atoms with Crippen LogP contribution < -0.4 is 15.6 Å². The highest BCUT2D eigenvalue weighted by Gasteiger charge is 2.54. The second-order valence-corrected chi connectivity index (χ2v) is 11.3. The Balaban J connectivity index is 1.32. The number of carboxylic acids is 2. The van der Waals surface area contributed by atoms with Crippen molar-refractivity contribution in [3.05, 3.63) is 65.1 Å². The van der Waals surface area contributed by atoms with Crippen LogP contribution in [-0.2, 0) is 30.6 Å². The fraction of sp³-hybridized carbons (Fsp3) is 0.320. The van der Waals surface area contributed by atoms with E-state index in [1.165, 1.54) is 22.0 Å². The zero-order chi connectivity index (χ0) is 28.4. The van der Waals surface area contributed by atoms with Crippen LogP contribution in [0.25, 0.3) is 0 Å². The van der Waals surface area contributed by atoms with Crippen LogP contribution in [0, 0.1) is 0 Å². The van der Waals surface area contributed by atoms with E-state index in [1.807, 2.05) is 41.2 Å². The van der Waals surface area contributed by atoms with E-state index in [-0.39, 0.29) is 35.1 Å². The van der Waals surface area contributed by atoms with Gasteiger partial charge in [0.05, 0.1) is 0 Å². The van der Waals surface area contributed by atoms with Crippen LogP contribution in [0.1, 0.15) is 25.0 Å². The number of anilines is 1.